The van der Waals surface area contributed by atoms with Gasteiger partial charge in [-0.15, -0.1) is 0 Å². The minimum Gasteiger partial charge on any atom is -0.543 e. The summed E-state index contributed by atoms with van der Waals surface area (Å²) >= 11 is 0. The van der Waals surface area contributed by atoms with Gasteiger partial charge in [0.15, 0.2) is 0 Å². The van der Waals surface area contributed by atoms with Crippen molar-refractivity contribution in [3.05, 3.63) is 6.61 Å². The molecule has 1 aliphatic rings. The third kappa shape index (κ3) is 5.48. The smallest absolute Gasteiger partial charge is 0.523 e. The molecule has 3 atom stereocenters. The zero-order valence-corrected chi connectivity index (χ0v) is 18.9. The Hall–Kier alpha value is 0.412. The number of halogens is 6. The van der Waals surface area contributed by atoms with Gasteiger partial charge in [0, 0.05) is 31.1 Å². The molecule has 7 nitrogen and oxygen atoms in total. The summed E-state index contributed by atoms with van der Waals surface area (Å²) in [6.07, 6.45) is -2.01. The van der Waals surface area contributed by atoms with Gasteiger partial charge in [-0.3, -0.25) is 8.37 Å². The summed E-state index contributed by atoms with van der Waals surface area (Å²) in [5.41, 5.74) is -13.2. The van der Waals surface area contributed by atoms with Gasteiger partial charge in [-0.25, -0.2) is 0 Å². The first-order chi connectivity index (χ1) is 11.0. The fourth-order valence-corrected chi connectivity index (χ4v) is 3.05. The van der Waals surface area contributed by atoms with Gasteiger partial charge in [0.2, 0.25) is 0 Å². The van der Waals surface area contributed by atoms with Crippen LogP contribution in [0.2, 0.25) is 0 Å². The first-order valence-corrected chi connectivity index (χ1v) is 9.27. The summed E-state index contributed by atoms with van der Waals surface area (Å²) in [5, 5.41) is 0. The zero-order chi connectivity index (χ0) is 19.9. The number of hydrogen-bond acceptors (Lipinski definition) is 7. The van der Waals surface area contributed by atoms with E-state index in [0.717, 1.165) is 6.92 Å². The van der Waals surface area contributed by atoms with Crippen molar-refractivity contribution in [3.8, 4) is 0 Å². The Kier molecular flexibility index (Phi) is 8.55. The van der Waals surface area contributed by atoms with E-state index in [2.05, 4.69) is 8.37 Å². The van der Waals surface area contributed by atoms with Crippen molar-refractivity contribution in [1.29, 1.82) is 0 Å². The molecule has 154 valence electrons. The van der Waals surface area contributed by atoms with Gasteiger partial charge in [0.1, 0.15) is 0 Å². The summed E-state index contributed by atoms with van der Waals surface area (Å²) in [6, 6.07) is 0. The zero-order valence-electron chi connectivity index (χ0n) is 13.1. The second-order valence-corrected chi connectivity index (χ2v) is 8.25. The topological polar surface area (TPSA) is 96.0 Å². The maximum atomic E-state index is 12.3. The van der Waals surface area contributed by atoms with E-state index in [-0.39, 0.29) is 37.5 Å². The quantitative estimate of drug-likeness (QED) is 0.186. The van der Waals surface area contributed by atoms with Crippen molar-refractivity contribution in [2.45, 2.75) is 43.0 Å². The van der Waals surface area contributed by atoms with Crippen LogP contribution in [-0.2, 0) is 33.3 Å². The summed E-state index contributed by atoms with van der Waals surface area (Å²) in [5.74, 6) is -1.27. The van der Waals surface area contributed by atoms with Crippen LogP contribution in [0.25, 0.3) is 0 Å². The number of rotatable bonds is 6. The molecule has 1 rings (SSSR count). The van der Waals surface area contributed by atoms with E-state index in [1.807, 2.05) is 0 Å². The van der Waals surface area contributed by atoms with Crippen molar-refractivity contribution in [1.82, 2.24) is 0 Å². The average molecular weight is 661 g/mol. The molecule has 1 fully saturated rings. The molecular formula is C10H13F6O7S2U-. The third-order valence-electron chi connectivity index (χ3n) is 3.62. The molecule has 0 N–H and O–H groups in total. The van der Waals surface area contributed by atoms with Crippen LogP contribution < -0.4 is 0 Å². The van der Waals surface area contributed by atoms with E-state index in [0.29, 0.717) is 6.61 Å². The van der Waals surface area contributed by atoms with Crippen LogP contribution in [0.3, 0.4) is 0 Å². The van der Waals surface area contributed by atoms with Crippen molar-refractivity contribution in [2.75, 3.05) is 6.61 Å². The van der Waals surface area contributed by atoms with E-state index in [9.17, 15) is 43.2 Å². The summed E-state index contributed by atoms with van der Waals surface area (Å²) in [4.78, 5) is 0. The van der Waals surface area contributed by atoms with Gasteiger partial charge in [0.25, 0.3) is 0 Å². The van der Waals surface area contributed by atoms with Crippen LogP contribution in [0.1, 0.15) is 20.3 Å². The molecule has 0 aromatic carbocycles. The second kappa shape index (κ2) is 8.42. The van der Waals surface area contributed by atoms with Gasteiger partial charge >= 0.3 is 31.3 Å². The van der Waals surface area contributed by atoms with Crippen LogP contribution in [-0.4, -0.2) is 46.2 Å². The molecule has 0 bridgehead atoms. The molecule has 0 radical (unpaired) electrons. The largest absolute Gasteiger partial charge is 0.543 e. The predicted molar refractivity (Wildman–Crippen MR) is 68.3 cm³/mol. The van der Waals surface area contributed by atoms with Crippen molar-refractivity contribution < 1.29 is 87.4 Å². The summed E-state index contributed by atoms with van der Waals surface area (Å²) < 4.78 is 130. The van der Waals surface area contributed by atoms with Gasteiger partial charge in [-0.1, -0.05) is 13.8 Å². The van der Waals surface area contributed by atoms with E-state index >= 15 is 0 Å². The van der Waals surface area contributed by atoms with E-state index in [1.54, 1.807) is 0 Å². The number of ether oxygens (including phenoxy) is 1. The summed E-state index contributed by atoms with van der Waals surface area (Å²) in [7, 11) is -12.0. The fraction of sp³-hybridized carbons (Fsp3) is 0.900. The molecule has 0 aromatic rings. The Morgan fingerprint density at radius 3 is 1.88 bits per heavy atom. The molecule has 26 heavy (non-hydrogen) atoms. The summed E-state index contributed by atoms with van der Waals surface area (Å²) in [6.45, 7) is 1.79. The Balaban J connectivity index is 0.00000625. The molecule has 16 heteroatoms. The van der Waals surface area contributed by atoms with E-state index in [1.165, 1.54) is 6.92 Å². The number of hydrogen-bond donors (Lipinski definition) is 0. The second-order valence-electron chi connectivity index (χ2n) is 5.08. The Labute approximate surface area is 169 Å². The Morgan fingerprint density at radius 2 is 1.50 bits per heavy atom. The van der Waals surface area contributed by atoms with Crippen LogP contribution in [0.5, 0.6) is 0 Å². The van der Waals surface area contributed by atoms with Gasteiger partial charge in [-0.2, -0.15) is 49.8 Å². The average Bonchev–Trinajstić information content (AvgIpc) is 2.72. The Bertz CT molecular complexity index is 690. The van der Waals surface area contributed by atoms with Gasteiger partial charge < -0.3 is 4.74 Å². The molecular weight excluding hydrogens is 648 g/mol. The van der Waals surface area contributed by atoms with Crippen molar-refractivity contribution in [3.63, 3.8) is 0 Å². The standard InChI is InChI=1S/C10H13F6O7S2.U/c1-3-8(5-22-24(17,18)9(11,12)13)6(2)7(4-21-8)23-25(19,20)10(14,15)16;/h4,6-7H,3,5H2,1-2H3;/q-1;/t6-,7+,8-;/m1./s1. The molecule has 0 saturated carbocycles. The molecule has 1 saturated heterocycles. The molecule has 0 unspecified atom stereocenters. The molecule has 0 spiro atoms. The molecule has 0 aliphatic carbocycles. The maximum Gasteiger partial charge on any atom is 0.523 e. The van der Waals surface area contributed by atoms with Crippen LogP contribution in [0, 0.1) is 43.6 Å². The third-order valence-corrected chi connectivity index (χ3v) is 5.66. The molecule has 0 amide bonds. The SMILES string of the molecule is CC[C@]1(COS(=O)(=O)C(F)(F)F)O[CH-][C@H](OS(=O)(=O)C(F)(F)F)[C@H]1C.[U]. The van der Waals surface area contributed by atoms with Crippen LogP contribution >= 0.6 is 0 Å². The molecule has 1 aliphatic heterocycles. The minimum absolute atomic E-state index is 0. The Morgan fingerprint density at radius 1 is 1.04 bits per heavy atom. The predicted octanol–water partition coefficient (Wildman–Crippen LogP) is 2.06. The van der Waals surface area contributed by atoms with Gasteiger partial charge in [0.05, 0.1) is 12.2 Å². The number of alkyl halides is 6. The minimum atomic E-state index is -5.99. The van der Waals surface area contributed by atoms with Gasteiger partial charge in [-0.05, 0) is 18.4 Å². The first kappa shape index (κ1) is 26.4. The van der Waals surface area contributed by atoms with Crippen molar-refractivity contribution >= 4 is 20.2 Å². The molecule has 1 heterocycles. The monoisotopic (exact) mass is 661 g/mol. The normalized spacial score (nSPS) is 28.0. The van der Waals surface area contributed by atoms with Crippen molar-refractivity contribution in [2.24, 2.45) is 5.92 Å². The van der Waals surface area contributed by atoms with E-state index < -0.39 is 55.5 Å². The van der Waals surface area contributed by atoms with Crippen LogP contribution in [0.4, 0.5) is 26.3 Å². The fourth-order valence-electron chi connectivity index (χ4n) is 1.95. The first-order valence-electron chi connectivity index (χ1n) is 6.45. The van der Waals surface area contributed by atoms with E-state index in [4.69, 9.17) is 4.74 Å². The molecule has 0 aromatic heterocycles. The maximum absolute atomic E-state index is 12.3. The van der Waals surface area contributed by atoms with Crippen LogP contribution in [0.15, 0.2) is 0 Å².